The van der Waals surface area contributed by atoms with Crippen molar-refractivity contribution in [3.8, 4) is 0 Å². The third-order valence-corrected chi connectivity index (χ3v) is 6.75. The number of hydrogen-bond acceptors (Lipinski definition) is 4. The summed E-state index contributed by atoms with van der Waals surface area (Å²) in [5.41, 5.74) is -0.833. The highest BCUT2D eigenvalue weighted by Gasteiger charge is 2.56. The minimum atomic E-state index is -4.89. The van der Waals surface area contributed by atoms with Gasteiger partial charge in [-0.2, -0.15) is 13.2 Å². The van der Waals surface area contributed by atoms with E-state index in [9.17, 15) is 22.7 Å². The summed E-state index contributed by atoms with van der Waals surface area (Å²) in [7, 11) is 0. The Kier molecular flexibility index (Phi) is 6.96. The molecule has 1 aromatic carbocycles. The Balaban J connectivity index is 1.59. The molecule has 35 heavy (non-hydrogen) atoms. The Hall–Kier alpha value is -2.49. The van der Waals surface area contributed by atoms with Gasteiger partial charge in [0.05, 0.1) is 29.9 Å². The maximum atomic E-state index is 14.2. The number of aromatic amines is 1. The first kappa shape index (κ1) is 25.6. The SMILES string of the molecule is Cc1ccc(F)cc1C(C)(C)CC(O)(Cc1cc2nc(CN3CCOCC3)ccc2[nH]1)C(F)(F)F. The van der Waals surface area contributed by atoms with Gasteiger partial charge in [0.25, 0.3) is 0 Å². The van der Waals surface area contributed by atoms with Crippen LogP contribution in [0.15, 0.2) is 36.4 Å². The van der Waals surface area contributed by atoms with E-state index in [0.717, 1.165) is 18.8 Å². The zero-order chi connectivity index (χ0) is 25.4. The van der Waals surface area contributed by atoms with Gasteiger partial charge in [0.15, 0.2) is 5.60 Å². The number of rotatable bonds is 7. The maximum absolute atomic E-state index is 14.2. The predicted octanol–water partition coefficient (Wildman–Crippen LogP) is 5.05. The zero-order valence-corrected chi connectivity index (χ0v) is 20.2. The molecule has 3 aromatic rings. The minimum Gasteiger partial charge on any atom is -0.380 e. The molecule has 2 aromatic heterocycles. The van der Waals surface area contributed by atoms with Gasteiger partial charge in [0, 0.05) is 31.7 Å². The molecule has 1 unspecified atom stereocenters. The van der Waals surface area contributed by atoms with Gasteiger partial charge in [-0.3, -0.25) is 4.90 Å². The molecule has 3 heterocycles. The molecule has 5 nitrogen and oxygen atoms in total. The summed E-state index contributed by atoms with van der Waals surface area (Å²) in [5.74, 6) is -0.524. The fourth-order valence-electron chi connectivity index (χ4n) is 5.01. The highest BCUT2D eigenvalue weighted by Crippen LogP contribution is 2.43. The number of hydrogen-bond donors (Lipinski definition) is 2. The van der Waals surface area contributed by atoms with Crippen LogP contribution >= 0.6 is 0 Å². The van der Waals surface area contributed by atoms with E-state index in [4.69, 9.17) is 4.74 Å². The van der Waals surface area contributed by atoms with Crippen LogP contribution < -0.4 is 0 Å². The molecule has 0 radical (unpaired) electrons. The quantitative estimate of drug-likeness (QED) is 0.453. The van der Waals surface area contributed by atoms with Crippen LogP contribution in [0.1, 0.15) is 42.8 Å². The summed E-state index contributed by atoms with van der Waals surface area (Å²) in [6, 6.07) is 9.27. The number of H-pyrrole nitrogens is 1. The Labute approximate surface area is 202 Å². The lowest BCUT2D eigenvalue weighted by Gasteiger charge is -2.38. The molecule has 4 rings (SSSR count). The summed E-state index contributed by atoms with van der Waals surface area (Å²) in [5, 5.41) is 11.0. The van der Waals surface area contributed by atoms with Gasteiger partial charge in [-0.1, -0.05) is 19.9 Å². The predicted molar refractivity (Wildman–Crippen MR) is 126 cm³/mol. The Bertz CT molecular complexity index is 1190. The van der Waals surface area contributed by atoms with E-state index in [1.54, 1.807) is 32.9 Å². The van der Waals surface area contributed by atoms with Crippen LogP contribution in [0.3, 0.4) is 0 Å². The zero-order valence-electron chi connectivity index (χ0n) is 20.2. The summed E-state index contributed by atoms with van der Waals surface area (Å²) in [6.45, 7) is 8.48. The van der Waals surface area contributed by atoms with Crippen LogP contribution in [-0.2, 0) is 23.1 Å². The van der Waals surface area contributed by atoms with Gasteiger partial charge in [-0.15, -0.1) is 0 Å². The van der Waals surface area contributed by atoms with Crippen molar-refractivity contribution in [2.75, 3.05) is 26.3 Å². The highest BCUT2D eigenvalue weighted by molar-refractivity contribution is 5.76. The smallest absolute Gasteiger partial charge is 0.380 e. The van der Waals surface area contributed by atoms with E-state index in [1.165, 1.54) is 18.2 Å². The summed E-state index contributed by atoms with van der Waals surface area (Å²) >= 11 is 0. The van der Waals surface area contributed by atoms with Gasteiger partial charge in [0.1, 0.15) is 5.82 Å². The molecule has 190 valence electrons. The fourth-order valence-corrected chi connectivity index (χ4v) is 5.01. The number of fused-ring (bicyclic) bond motifs is 1. The normalized spacial score (nSPS) is 17.6. The van der Waals surface area contributed by atoms with Crippen LogP contribution in [0.4, 0.5) is 17.6 Å². The molecule has 1 atom stereocenters. The molecule has 0 saturated carbocycles. The van der Waals surface area contributed by atoms with Crippen molar-refractivity contribution in [3.05, 3.63) is 64.7 Å². The maximum Gasteiger partial charge on any atom is 0.417 e. The molecular formula is C26H31F4N3O2. The number of aliphatic hydroxyl groups is 1. The monoisotopic (exact) mass is 493 g/mol. The first-order chi connectivity index (χ1) is 16.4. The lowest BCUT2D eigenvalue weighted by molar-refractivity contribution is -0.266. The number of ether oxygens (including phenoxy) is 1. The second-order valence-corrected chi connectivity index (χ2v) is 10.1. The molecule has 1 saturated heterocycles. The molecule has 0 spiro atoms. The fraction of sp³-hybridized carbons (Fsp3) is 0.500. The van der Waals surface area contributed by atoms with Crippen LogP contribution in [0.2, 0.25) is 0 Å². The standard InChI is InChI=1S/C26H31F4N3O2/c1-17-4-5-18(27)12-21(17)24(2,3)16-25(34,26(28,29)30)14-20-13-23-22(32-20)7-6-19(31-23)15-33-8-10-35-11-9-33/h4-7,12-13,32,34H,8-11,14-16H2,1-3H3. The average molecular weight is 494 g/mol. The lowest BCUT2D eigenvalue weighted by Crippen LogP contribution is -2.51. The van der Waals surface area contributed by atoms with Gasteiger partial charge >= 0.3 is 6.18 Å². The number of alkyl halides is 3. The van der Waals surface area contributed by atoms with E-state index in [1.807, 2.05) is 6.07 Å². The van der Waals surface area contributed by atoms with Crippen molar-refractivity contribution < 1.29 is 27.4 Å². The van der Waals surface area contributed by atoms with Crippen molar-refractivity contribution >= 4 is 11.0 Å². The number of morpholine rings is 1. The lowest BCUT2D eigenvalue weighted by atomic mass is 9.72. The van der Waals surface area contributed by atoms with Crippen molar-refractivity contribution in [2.45, 2.75) is 57.3 Å². The average Bonchev–Trinajstić information content (AvgIpc) is 3.16. The van der Waals surface area contributed by atoms with E-state index in [2.05, 4.69) is 14.9 Å². The Morgan fingerprint density at radius 3 is 2.49 bits per heavy atom. The molecule has 1 aliphatic rings. The summed E-state index contributed by atoms with van der Waals surface area (Å²) in [4.78, 5) is 9.80. The van der Waals surface area contributed by atoms with Gasteiger partial charge < -0.3 is 14.8 Å². The molecule has 0 amide bonds. The first-order valence-corrected chi connectivity index (χ1v) is 11.7. The summed E-state index contributed by atoms with van der Waals surface area (Å²) < 4.78 is 61.9. The van der Waals surface area contributed by atoms with E-state index < -0.39 is 35.9 Å². The van der Waals surface area contributed by atoms with E-state index in [0.29, 0.717) is 41.9 Å². The molecule has 2 N–H and O–H groups in total. The van der Waals surface area contributed by atoms with Crippen molar-refractivity contribution in [1.82, 2.24) is 14.9 Å². The third kappa shape index (κ3) is 5.68. The summed E-state index contributed by atoms with van der Waals surface area (Å²) in [6.07, 6.45) is -6.18. The number of nitrogens with zero attached hydrogens (tertiary/aromatic N) is 2. The Morgan fingerprint density at radius 2 is 1.80 bits per heavy atom. The number of pyridine rings is 1. The largest absolute Gasteiger partial charge is 0.417 e. The molecule has 9 heteroatoms. The number of aryl methyl sites for hydroxylation is 1. The van der Waals surface area contributed by atoms with Crippen LogP contribution in [0.5, 0.6) is 0 Å². The van der Waals surface area contributed by atoms with Crippen LogP contribution in [-0.4, -0.2) is 58.1 Å². The second-order valence-electron chi connectivity index (χ2n) is 10.1. The van der Waals surface area contributed by atoms with Crippen LogP contribution in [0.25, 0.3) is 11.0 Å². The molecule has 0 bridgehead atoms. The molecular weight excluding hydrogens is 462 g/mol. The third-order valence-electron chi connectivity index (χ3n) is 6.75. The second kappa shape index (κ2) is 9.52. The van der Waals surface area contributed by atoms with Crippen LogP contribution in [0, 0.1) is 12.7 Å². The topological polar surface area (TPSA) is 61.4 Å². The number of nitrogens with one attached hydrogen (secondary N) is 1. The van der Waals surface area contributed by atoms with E-state index in [-0.39, 0.29) is 5.69 Å². The number of aromatic nitrogens is 2. The first-order valence-electron chi connectivity index (χ1n) is 11.7. The molecule has 0 aliphatic carbocycles. The number of benzene rings is 1. The minimum absolute atomic E-state index is 0.239. The van der Waals surface area contributed by atoms with Gasteiger partial charge in [0.2, 0.25) is 0 Å². The van der Waals surface area contributed by atoms with Crippen molar-refractivity contribution in [2.24, 2.45) is 0 Å². The van der Waals surface area contributed by atoms with Crippen molar-refractivity contribution in [3.63, 3.8) is 0 Å². The molecule has 1 aliphatic heterocycles. The Morgan fingerprint density at radius 1 is 1.09 bits per heavy atom. The molecule has 1 fully saturated rings. The highest BCUT2D eigenvalue weighted by atomic mass is 19.4. The van der Waals surface area contributed by atoms with Gasteiger partial charge in [-0.05, 0) is 60.2 Å². The van der Waals surface area contributed by atoms with E-state index >= 15 is 0 Å². The number of halogens is 4. The van der Waals surface area contributed by atoms with Crippen molar-refractivity contribution in [1.29, 1.82) is 0 Å². The van der Waals surface area contributed by atoms with Gasteiger partial charge in [-0.25, -0.2) is 9.37 Å².